The highest BCUT2D eigenvalue weighted by Gasteiger charge is 2.32. The number of carbonyl (C=O) groups is 1. The first kappa shape index (κ1) is 9.30. The zero-order valence-electron chi connectivity index (χ0n) is 8.51. The first-order valence-corrected chi connectivity index (χ1v) is 4.43. The van der Waals surface area contributed by atoms with Gasteiger partial charge in [0.2, 0.25) is 5.91 Å². The summed E-state index contributed by atoms with van der Waals surface area (Å²) in [7, 11) is 0. The van der Waals surface area contributed by atoms with Crippen LogP contribution in [0.4, 0.5) is 0 Å². The van der Waals surface area contributed by atoms with Crippen LogP contribution in [0.2, 0.25) is 0 Å². The molecule has 0 radical (unpaired) electrons. The van der Waals surface area contributed by atoms with E-state index in [0.29, 0.717) is 0 Å². The molecule has 1 rings (SSSR count). The van der Waals surface area contributed by atoms with E-state index in [9.17, 15) is 4.79 Å². The third kappa shape index (κ3) is 1.15. The van der Waals surface area contributed by atoms with Gasteiger partial charge in [-0.2, -0.15) is 0 Å². The lowest BCUT2D eigenvalue weighted by Crippen LogP contribution is -2.38. The van der Waals surface area contributed by atoms with Gasteiger partial charge in [-0.25, -0.2) is 0 Å². The number of hydrogen-bond acceptors (Lipinski definition) is 1. The maximum Gasteiger partial charge on any atom is 0.220 e. The highest BCUT2D eigenvalue weighted by molar-refractivity contribution is 5.75. The predicted octanol–water partition coefficient (Wildman–Crippen LogP) is 1.96. The van der Waals surface area contributed by atoms with Crippen LogP contribution in [0, 0.1) is 0 Å². The molecular formula is C10H17NO. The fourth-order valence-corrected chi connectivity index (χ4v) is 1.96. The summed E-state index contributed by atoms with van der Waals surface area (Å²) in [6.45, 7) is 10.0. The summed E-state index contributed by atoms with van der Waals surface area (Å²) in [5.74, 6) is 0.172. The van der Waals surface area contributed by atoms with Crippen molar-refractivity contribution < 1.29 is 4.79 Å². The van der Waals surface area contributed by atoms with E-state index >= 15 is 0 Å². The molecule has 0 spiro atoms. The second-order valence-corrected chi connectivity index (χ2v) is 3.64. The fraction of sp³-hybridized carbons (Fsp3) is 0.700. The second kappa shape index (κ2) is 2.92. The molecule has 2 atom stereocenters. The zero-order chi connectivity index (χ0) is 9.46. The molecule has 2 unspecified atom stereocenters. The topological polar surface area (TPSA) is 20.3 Å². The Kier molecular flexibility index (Phi) is 2.27. The maximum atomic E-state index is 11.3. The van der Waals surface area contributed by atoms with Gasteiger partial charge in [-0.15, -0.1) is 0 Å². The van der Waals surface area contributed by atoms with Crippen LogP contribution in [-0.2, 0) is 4.79 Å². The van der Waals surface area contributed by atoms with Crippen LogP contribution in [0.25, 0.3) is 0 Å². The molecule has 0 bridgehead atoms. The molecule has 1 aliphatic heterocycles. The van der Waals surface area contributed by atoms with Crippen molar-refractivity contribution in [2.75, 3.05) is 0 Å². The maximum absolute atomic E-state index is 11.3. The van der Waals surface area contributed by atoms with Crippen LogP contribution in [-0.4, -0.2) is 22.9 Å². The lowest BCUT2D eigenvalue weighted by molar-refractivity contribution is -0.130. The molecular weight excluding hydrogens is 150 g/mol. The Bertz CT molecular complexity index is 224. The third-order valence-electron chi connectivity index (χ3n) is 3.07. The standard InChI is InChI=1S/C10H17NO/c1-6-7(2)9(4)11(8(6)3)10(5)12/h8-9H,1-5H3. The van der Waals surface area contributed by atoms with Crippen LogP contribution in [0.1, 0.15) is 34.6 Å². The van der Waals surface area contributed by atoms with Gasteiger partial charge in [0.05, 0.1) is 12.1 Å². The molecule has 0 fully saturated rings. The van der Waals surface area contributed by atoms with Gasteiger partial charge in [0.1, 0.15) is 0 Å². The molecule has 1 amide bonds. The van der Waals surface area contributed by atoms with Gasteiger partial charge in [0.25, 0.3) is 0 Å². The number of carbonyl (C=O) groups excluding carboxylic acids is 1. The molecule has 1 aliphatic rings. The molecule has 2 heteroatoms. The third-order valence-corrected chi connectivity index (χ3v) is 3.07. The minimum atomic E-state index is 0.172. The summed E-state index contributed by atoms with van der Waals surface area (Å²) >= 11 is 0. The van der Waals surface area contributed by atoms with Crippen molar-refractivity contribution in [3.8, 4) is 0 Å². The quantitative estimate of drug-likeness (QED) is 0.505. The minimum absolute atomic E-state index is 0.172. The second-order valence-electron chi connectivity index (χ2n) is 3.64. The Balaban J connectivity index is 2.95. The van der Waals surface area contributed by atoms with E-state index in [0.717, 1.165) is 0 Å². The lowest BCUT2D eigenvalue weighted by atomic mass is 10.1. The highest BCUT2D eigenvalue weighted by atomic mass is 16.2. The van der Waals surface area contributed by atoms with E-state index in [2.05, 4.69) is 27.7 Å². The number of hydrogen-bond donors (Lipinski definition) is 0. The smallest absolute Gasteiger partial charge is 0.220 e. The highest BCUT2D eigenvalue weighted by Crippen LogP contribution is 2.29. The summed E-state index contributed by atoms with van der Waals surface area (Å²) in [5, 5.41) is 0. The SMILES string of the molecule is CC(=O)N1C(C)C(C)=C(C)C1C. The van der Waals surface area contributed by atoms with E-state index in [1.165, 1.54) is 11.1 Å². The Morgan fingerprint density at radius 2 is 1.50 bits per heavy atom. The summed E-state index contributed by atoms with van der Waals surface area (Å²) in [4.78, 5) is 13.2. The summed E-state index contributed by atoms with van der Waals surface area (Å²) in [6.07, 6.45) is 0. The Hall–Kier alpha value is -0.790. The monoisotopic (exact) mass is 167 g/mol. The molecule has 0 aliphatic carbocycles. The van der Waals surface area contributed by atoms with Crippen LogP contribution >= 0.6 is 0 Å². The Morgan fingerprint density at radius 3 is 1.67 bits per heavy atom. The summed E-state index contributed by atoms with van der Waals surface area (Å²) in [6, 6.07) is 0.579. The average Bonchev–Trinajstić information content (AvgIpc) is 2.16. The van der Waals surface area contributed by atoms with Crippen molar-refractivity contribution >= 4 is 5.91 Å². The number of amides is 1. The molecule has 0 saturated carbocycles. The van der Waals surface area contributed by atoms with Crippen LogP contribution in [0.5, 0.6) is 0 Å². The van der Waals surface area contributed by atoms with Gasteiger partial charge in [-0.3, -0.25) is 4.79 Å². The molecule has 0 saturated heterocycles. The Morgan fingerprint density at radius 1 is 1.17 bits per heavy atom. The van der Waals surface area contributed by atoms with Crippen molar-refractivity contribution in [3.05, 3.63) is 11.1 Å². The van der Waals surface area contributed by atoms with Gasteiger partial charge >= 0.3 is 0 Å². The first-order chi connectivity index (χ1) is 5.46. The van der Waals surface area contributed by atoms with Crippen molar-refractivity contribution in [1.29, 1.82) is 0 Å². The average molecular weight is 167 g/mol. The van der Waals surface area contributed by atoms with Crippen molar-refractivity contribution in [2.45, 2.75) is 46.7 Å². The van der Waals surface area contributed by atoms with Gasteiger partial charge in [-0.05, 0) is 27.7 Å². The molecule has 0 aromatic rings. The molecule has 0 aromatic heterocycles. The van der Waals surface area contributed by atoms with Gasteiger partial charge < -0.3 is 4.90 Å². The number of rotatable bonds is 0. The van der Waals surface area contributed by atoms with Crippen molar-refractivity contribution in [2.24, 2.45) is 0 Å². The van der Waals surface area contributed by atoms with Crippen LogP contribution < -0.4 is 0 Å². The van der Waals surface area contributed by atoms with E-state index in [1.807, 2.05) is 4.90 Å². The molecule has 2 nitrogen and oxygen atoms in total. The lowest BCUT2D eigenvalue weighted by Gasteiger charge is -2.26. The van der Waals surface area contributed by atoms with Crippen LogP contribution in [0.15, 0.2) is 11.1 Å². The summed E-state index contributed by atoms with van der Waals surface area (Å²) in [5.41, 5.74) is 2.69. The van der Waals surface area contributed by atoms with E-state index in [-0.39, 0.29) is 18.0 Å². The molecule has 12 heavy (non-hydrogen) atoms. The van der Waals surface area contributed by atoms with E-state index in [1.54, 1.807) is 6.92 Å². The van der Waals surface area contributed by atoms with E-state index < -0.39 is 0 Å². The van der Waals surface area contributed by atoms with Gasteiger partial charge in [0, 0.05) is 6.92 Å². The predicted molar refractivity (Wildman–Crippen MR) is 49.8 cm³/mol. The molecule has 0 N–H and O–H groups in total. The zero-order valence-corrected chi connectivity index (χ0v) is 8.51. The van der Waals surface area contributed by atoms with Crippen LogP contribution in [0.3, 0.4) is 0 Å². The molecule has 0 aromatic carbocycles. The van der Waals surface area contributed by atoms with Crippen molar-refractivity contribution in [1.82, 2.24) is 4.90 Å². The summed E-state index contributed by atoms with van der Waals surface area (Å²) < 4.78 is 0. The Labute approximate surface area is 74.2 Å². The normalized spacial score (nSPS) is 29.9. The minimum Gasteiger partial charge on any atom is -0.330 e. The molecule has 1 heterocycles. The first-order valence-electron chi connectivity index (χ1n) is 4.43. The fourth-order valence-electron chi connectivity index (χ4n) is 1.96. The largest absolute Gasteiger partial charge is 0.330 e. The van der Waals surface area contributed by atoms with E-state index in [4.69, 9.17) is 0 Å². The van der Waals surface area contributed by atoms with Gasteiger partial charge in [-0.1, -0.05) is 11.1 Å². The van der Waals surface area contributed by atoms with Crippen molar-refractivity contribution in [3.63, 3.8) is 0 Å². The molecule has 68 valence electrons. The van der Waals surface area contributed by atoms with Gasteiger partial charge in [0.15, 0.2) is 0 Å². The number of nitrogens with zero attached hydrogens (tertiary/aromatic N) is 1.